The van der Waals surface area contributed by atoms with Crippen molar-refractivity contribution in [1.29, 1.82) is 0 Å². The van der Waals surface area contributed by atoms with Crippen LogP contribution in [0.15, 0.2) is 48.7 Å². The Bertz CT molecular complexity index is 577. The molecule has 0 bridgehead atoms. The monoisotopic (exact) mass is 270 g/mol. The second-order valence-electron chi connectivity index (χ2n) is 5.02. The summed E-state index contributed by atoms with van der Waals surface area (Å²) in [7, 11) is 1.63. The second-order valence-corrected chi connectivity index (χ2v) is 5.02. The number of nitrogens with one attached hydrogen (secondary N) is 1. The molecule has 0 aliphatic rings. The van der Waals surface area contributed by atoms with Gasteiger partial charge in [-0.25, -0.2) is 0 Å². The molecular formula is C16H18N2O2. The summed E-state index contributed by atoms with van der Waals surface area (Å²) in [6.45, 7) is 3.91. The highest BCUT2D eigenvalue weighted by Gasteiger charge is 2.23. The molecule has 1 aromatic carbocycles. The zero-order valence-corrected chi connectivity index (χ0v) is 11.9. The van der Waals surface area contributed by atoms with E-state index in [9.17, 15) is 4.79 Å². The molecule has 4 nitrogen and oxygen atoms in total. The number of carbonyl (C=O) groups is 1. The summed E-state index contributed by atoms with van der Waals surface area (Å²) in [6, 6.07) is 12.9. The fraction of sp³-hybridized carbons (Fsp3) is 0.250. The normalized spacial score (nSPS) is 10.9. The van der Waals surface area contributed by atoms with E-state index in [4.69, 9.17) is 4.74 Å². The van der Waals surface area contributed by atoms with Crippen molar-refractivity contribution in [3.63, 3.8) is 0 Å². The third kappa shape index (κ3) is 3.15. The quantitative estimate of drug-likeness (QED) is 0.929. The van der Waals surface area contributed by atoms with Gasteiger partial charge in [-0.3, -0.25) is 9.78 Å². The topological polar surface area (TPSA) is 51.2 Å². The zero-order valence-electron chi connectivity index (χ0n) is 11.9. The Balaban J connectivity index is 2.15. The van der Waals surface area contributed by atoms with Crippen LogP contribution in [0, 0.1) is 0 Å². The molecule has 0 radical (unpaired) electrons. The molecule has 2 aromatic rings. The smallest absolute Gasteiger partial charge is 0.270 e. The number of hydrogen-bond acceptors (Lipinski definition) is 3. The number of amides is 1. The summed E-state index contributed by atoms with van der Waals surface area (Å²) >= 11 is 0. The maximum atomic E-state index is 12.2. The van der Waals surface area contributed by atoms with Gasteiger partial charge < -0.3 is 10.1 Å². The van der Waals surface area contributed by atoms with Crippen molar-refractivity contribution in [2.45, 2.75) is 19.4 Å². The van der Waals surface area contributed by atoms with E-state index in [2.05, 4.69) is 10.3 Å². The summed E-state index contributed by atoms with van der Waals surface area (Å²) < 4.78 is 5.13. The molecule has 1 amide bonds. The van der Waals surface area contributed by atoms with Crippen molar-refractivity contribution in [2.75, 3.05) is 7.11 Å². The van der Waals surface area contributed by atoms with Crippen LogP contribution in [0.1, 0.15) is 29.9 Å². The molecule has 20 heavy (non-hydrogen) atoms. The fourth-order valence-electron chi connectivity index (χ4n) is 1.92. The van der Waals surface area contributed by atoms with Crippen LogP contribution in [0.3, 0.4) is 0 Å². The highest BCUT2D eigenvalue weighted by Crippen LogP contribution is 2.23. The molecule has 0 fully saturated rings. The lowest BCUT2D eigenvalue weighted by atomic mass is 9.94. The van der Waals surface area contributed by atoms with Gasteiger partial charge in [-0.2, -0.15) is 0 Å². The van der Waals surface area contributed by atoms with Crippen LogP contribution < -0.4 is 10.1 Å². The van der Waals surface area contributed by atoms with Gasteiger partial charge in [0.2, 0.25) is 0 Å². The highest BCUT2D eigenvalue weighted by molar-refractivity contribution is 5.92. The molecule has 1 aromatic heterocycles. The SMILES string of the molecule is COc1ccc(C(C)(C)NC(=O)c2ccccn2)cc1. The summed E-state index contributed by atoms with van der Waals surface area (Å²) in [5.41, 5.74) is 0.928. The van der Waals surface area contributed by atoms with Crippen LogP contribution in [-0.4, -0.2) is 18.0 Å². The van der Waals surface area contributed by atoms with E-state index >= 15 is 0 Å². The Morgan fingerprint density at radius 1 is 1.15 bits per heavy atom. The second kappa shape index (κ2) is 5.74. The number of ether oxygens (including phenoxy) is 1. The first kappa shape index (κ1) is 14.1. The first-order valence-corrected chi connectivity index (χ1v) is 6.41. The Hall–Kier alpha value is -2.36. The Labute approximate surface area is 118 Å². The molecule has 104 valence electrons. The molecule has 4 heteroatoms. The van der Waals surface area contributed by atoms with Gasteiger partial charge in [-0.1, -0.05) is 18.2 Å². The van der Waals surface area contributed by atoms with Gasteiger partial charge in [0, 0.05) is 6.20 Å². The van der Waals surface area contributed by atoms with E-state index in [1.807, 2.05) is 38.1 Å². The van der Waals surface area contributed by atoms with Crippen LogP contribution in [0.4, 0.5) is 0 Å². The number of rotatable bonds is 4. The first-order valence-electron chi connectivity index (χ1n) is 6.41. The standard InChI is InChI=1S/C16H18N2O2/c1-16(2,12-7-9-13(20-3)10-8-12)18-15(19)14-6-4-5-11-17-14/h4-11H,1-3H3,(H,18,19). The number of pyridine rings is 1. The van der Waals surface area contributed by atoms with Crippen molar-refractivity contribution < 1.29 is 9.53 Å². The lowest BCUT2D eigenvalue weighted by Gasteiger charge is -2.27. The number of nitrogens with zero attached hydrogens (tertiary/aromatic N) is 1. The van der Waals surface area contributed by atoms with Crippen LogP contribution in [0.5, 0.6) is 5.75 Å². The zero-order chi connectivity index (χ0) is 14.6. The molecule has 0 atom stereocenters. The fourth-order valence-corrected chi connectivity index (χ4v) is 1.92. The van der Waals surface area contributed by atoms with Gasteiger partial charge in [0.25, 0.3) is 5.91 Å². The predicted octanol–water partition coefficient (Wildman–Crippen LogP) is 2.76. The van der Waals surface area contributed by atoms with Gasteiger partial charge in [0.1, 0.15) is 11.4 Å². The molecule has 0 saturated heterocycles. The summed E-state index contributed by atoms with van der Waals surface area (Å²) in [5, 5.41) is 2.98. The molecule has 0 spiro atoms. The van der Waals surface area contributed by atoms with Crippen molar-refractivity contribution in [1.82, 2.24) is 10.3 Å². The molecule has 0 aliphatic carbocycles. The van der Waals surface area contributed by atoms with Crippen LogP contribution in [0.25, 0.3) is 0 Å². The molecular weight excluding hydrogens is 252 g/mol. The molecule has 1 N–H and O–H groups in total. The van der Waals surface area contributed by atoms with Crippen molar-refractivity contribution >= 4 is 5.91 Å². The Kier molecular flexibility index (Phi) is 4.03. The third-order valence-corrected chi connectivity index (χ3v) is 3.14. The van der Waals surface area contributed by atoms with Crippen LogP contribution in [-0.2, 0) is 5.54 Å². The third-order valence-electron chi connectivity index (χ3n) is 3.14. The van der Waals surface area contributed by atoms with Gasteiger partial charge in [0.05, 0.1) is 12.6 Å². The van der Waals surface area contributed by atoms with Gasteiger partial charge in [-0.05, 0) is 43.7 Å². The van der Waals surface area contributed by atoms with Crippen molar-refractivity contribution in [2.24, 2.45) is 0 Å². The number of benzene rings is 1. The molecule has 2 rings (SSSR count). The molecule has 0 saturated carbocycles. The minimum absolute atomic E-state index is 0.189. The van der Waals surface area contributed by atoms with Crippen LogP contribution in [0.2, 0.25) is 0 Å². The Morgan fingerprint density at radius 3 is 2.40 bits per heavy atom. The van der Waals surface area contributed by atoms with Crippen molar-refractivity contribution in [3.05, 3.63) is 59.9 Å². The molecule has 1 heterocycles. The van der Waals surface area contributed by atoms with Crippen molar-refractivity contribution in [3.8, 4) is 5.75 Å². The van der Waals surface area contributed by atoms with Gasteiger partial charge in [-0.15, -0.1) is 0 Å². The average Bonchev–Trinajstić information content (AvgIpc) is 2.48. The minimum Gasteiger partial charge on any atom is -0.497 e. The highest BCUT2D eigenvalue weighted by atomic mass is 16.5. The predicted molar refractivity (Wildman–Crippen MR) is 77.7 cm³/mol. The average molecular weight is 270 g/mol. The van der Waals surface area contributed by atoms with Crippen LogP contribution >= 0.6 is 0 Å². The molecule has 0 aliphatic heterocycles. The maximum Gasteiger partial charge on any atom is 0.270 e. The summed E-state index contributed by atoms with van der Waals surface area (Å²) in [6.07, 6.45) is 1.61. The van der Waals surface area contributed by atoms with E-state index in [1.54, 1.807) is 31.5 Å². The Morgan fingerprint density at radius 2 is 1.85 bits per heavy atom. The summed E-state index contributed by atoms with van der Waals surface area (Å²) in [5.74, 6) is 0.604. The minimum atomic E-state index is -0.485. The van der Waals surface area contributed by atoms with E-state index in [1.165, 1.54) is 0 Å². The molecule has 0 unspecified atom stereocenters. The maximum absolute atomic E-state index is 12.2. The number of methoxy groups -OCH3 is 1. The lowest BCUT2D eigenvalue weighted by Crippen LogP contribution is -2.41. The van der Waals surface area contributed by atoms with E-state index < -0.39 is 5.54 Å². The van der Waals surface area contributed by atoms with E-state index in [-0.39, 0.29) is 5.91 Å². The van der Waals surface area contributed by atoms with E-state index in [0.29, 0.717) is 5.69 Å². The van der Waals surface area contributed by atoms with Gasteiger partial charge in [0.15, 0.2) is 0 Å². The number of carbonyl (C=O) groups excluding carboxylic acids is 1. The van der Waals surface area contributed by atoms with E-state index in [0.717, 1.165) is 11.3 Å². The lowest BCUT2D eigenvalue weighted by molar-refractivity contribution is 0.0907. The summed E-state index contributed by atoms with van der Waals surface area (Å²) in [4.78, 5) is 16.2. The first-order chi connectivity index (χ1) is 9.53. The number of hydrogen-bond donors (Lipinski definition) is 1. The number of aromatic nitrogens is 1. The largest absolute Gasteiger partial charge is 0.497 e. The van der Waals surface area contributed by atoms with Gasteiger partial charge >= 0.3 is 0 Å².